The molecule has 0 aliphatic heterocycles. The van der Waals surface area contributed by atoms with Gasteiger partial charge < -0.3 is 0 Å². The lowest BCUT2D eigenvalue weighted by Crippen LogP contribution is -1.84. The molecule has 164 valence electrons. The second-order valence-corrected chi connectivity index (χ2v) is 9.20. The number of halogens is 1. The van der Waals surface area contributed by atoms with E-state index in [2.05, 4.69) is 6.92 Å². The molecule has 0 nitrogen and oxygen atoms in total. The van der Waals surface area contributed by atoms with E-state index in [1.165, 1.54) is 154 Å². The Morgan fingerprint density at radius 1 is 0.296 bits per heavy atom. The highest BCUT2D eigenvalue weighted by Crippen LogP contribution is 2.15. The number of hydrogen-bond acceptors (Lipinski definition) is 0. The van der Waals surface area contributed by atoms with Crippen LogP contribution in [-0.4, -0.2) is 5.88 Å². The van der Waals surface area contributed by atoms with Crippen LogP contribution in [0.25, 0.3) is 0 Å². The molecule has 0 saturated heterocycles. The smallest absolute Gasteiger partial charge is 0.0223 e. The van der Waals surface area contributed by atoms with E-state index in [1.54, 1.807) is 0 Å². The summed E-state index contributed by atoms with van der Waals surface area (Å²) in [5, 5.41) is 0. The lowest BCUT2D eigenvalue weighted by atomic mass is 10.0. The van der Waals surface area contributed by atoms with E-state index < -0.39 is 0 Å². The summed E-state index contributed by atoms with van der Waals surface area (Å²) in [6.45, 7) is 2.30. The average Bonchev–Trinajstić information content (AvgIpc) is 2.68. The summed E-state index contributed by atoms with van der Waals surface area (Å²) in [7, 11) is 0. The molecule has 0 N–H and O–H groups in total. The van der Waals surface area contributed by atoms with E-state index in [0.717, 1.165) is 5.88 Å². The highest BCUT2D eigenvalue weighted by atomic mass is 35.5. The first-order valence-electron chi connectivity index (χ1n) is 13.0. The molecule has 0 bridgehead atoms. The molecule has 27 heavy (non-hydrogen) atoms. The lowest BCUT2D eigenvalue weighted by molar-refractivity contribution is 0.518. The molecule has 0 aliphatic carbocycles. The second-order valence-electron chi connectivity index (χ2n) is 8.82. The monoisotopic (exact) mass is 400 g/mol. The highest BCUT2D eigenvalue weighted by molar-refractivity contribution is 6.17. The summed E-state index contributed by atoms with van der Waals surface area (Å²) < 4.78 is 0. The van der Waals surface area contributed by atoms with Gasteiger partial charge in [0.05, 0.1) is 0 Å². The molecule has 0 aromatic carbocycles. The molecule has 0 fully saturated rings. The van der Waals surface area contributed by atoms with Crippen LogP contribution in [0.15, 0.2) is 0 Å². The molecule has 0 aromatic heterocycles. The van der Waals surface area contributed by atoms with E-state index in [0.29, 0.717) is 0 Å². The minimum Gasteiger partial charge on any atom is -0.127 e. The highest BCUT2D eigenvalue weighted by Gasteiger charge is 1.95. The number of rotatable bonds is 24. The van der Waals surface area contributed by atoms with Gasteiger partial charge in [-0.25, -0.2) is 0 Å². The van der Waals surface area contributed by atoms with E-state index in [-0.39, 0.29) is 0 Å². The Labute approximate surface area is 178 Å². The Morgan fingerprint density at radius 2 is 0.481 bits per heavy atom. The van der Waals surface area contributed by atoms with Crippen LogP contribution in [0.4, 0.5) is 0 Å². The topological polar surface area (TPSA) is 0 Å². The third kappa shape index (κ3) is 26.3. The summed E-state index contributed by atoms with van der Waals surface area (Å²) in [6, 6.07) is 0. The van der Waals surface area contributed by atoms with Crippen LogP contribution in [0.2, 0.25) is 0 Å². The third-order valence-electron chi connectivity index (χ3n) is 5.99. The van der Waals surface area contributed by atoms with E-state index in [9.17, 15) is 0 Å². The zero-order valence-electron chi connectivity index (χ0n) is 19.1. The molecule has 0 rings (SSSR count). The van der Waals surface area contributed by atoms with Crippen molar-refractivity contribution in [3.8, 4) is 0 Å². The van der Waals surface area contributed by atoms with Crippen molar-refractivity contribution >= 4 is 11.6 Å². The van der Waals surface area contributed by atoms with Gasteiger partial charge in [-0.2, -0.15) is 0 Å². The van der Waals surface area contributed by atoms with Crippen molar-refractivity contribution in [1.82, 2.24) is 0 Å². The summed E-state index contributed by atoms with van der Waals surface area (Å²) in [5.41, 5.74) is 0. The molecule has 0 saturated carbocycles. The molecule has 0 heterocycles. The van der Waals surface area contributed by atoms with Gasteiger partial charge in [0.25, 0.3) is 0 Å². The van der Waals surface area contributed by atoms with Crippen LogP contribution in [0.3, 0.4) is 0 Å². The Morgan fingerprint density at radius 3 is 0.667 bits per heavy atom. The molecule has 0 radical (unpaired) electrons. The molecule has 1 heteroatoms. The van der Waals surface area contributed by atoms with Crippen molar-refractivity contribution in [1.29, 1.82) is 0 Å². The second kappa shape index (κ2) is 26.3. The SMILES string of the molecule is CCCCCCCCCCCCCCCCCCCCCCCCCCCl. The van der Waals surface area contributed by atoms with Crippen molar-refractivity contribution in [3.05, 3.63) is 0 Å². The van der Waals surface area contributed by atoms with Gasteiger partial charge in [-0.1, -0.05) is 155 Å². The lowest BCUT2D eigenvalue weighted by Gasteiger charge is -2.04. The molecule has 0 aliphatic rings. The normalized spacial score (nSPS) is 11.3. The van der Waals surface area contributed by atoms with Gasteiger partial charge in [-0.3, -0.25) is 0 Å². The summed E-state index contributed by atoms with van der Waals surface area (Å²) in [6.07, 6.45) is 34.8. The predicted molar refractivity (Wildman–Crippen MR) is 127 cm³/mol. The molecule has 0 aromatic rings. The summed E-state index contributed by atoms with van der Waals surface area (Å²) in [5.74, 6) is 0.846. The van der Waals surface area contributed by atoms with E-state index in [4.69, 9.17) is 11.6 Å². The van der Waals surface area contributed by atoms with Crippen LogP contribution in [0.1, 0.15) is 161 Å². The Kier molecular flexibility index (Phi) is 26.6. The summed E-state index contributed by atoms with van der Waals surface area (Å²) in [4.78, 5) is 0. The fraction of sp³-hybridized carbons (Fsp3) is 1.00. The van der Waals surface area contributed by atoms with Crippen molar-refractivity contribution < 1.29 is 0 Å². The zero-order valence-corrected chi connectivity index (χ0v) is 19.8. The van der Waals surface area contributed by atoms with Gasteiger partial charge >= 0.3 is 0 Å². The molecule has 0 atom stereocenters. The number of hydrogen-bond donors (Lipinski definition) is 0. The van der Waals surface area contributed by atoms with Gasteiger partial charge in [-0.15, -0.1) is 11.6 Å². The van der Waals surface area contributed by atoms with Gasteiger partial charge in [0.2, 0.25) is 0 Å². The maximum Gasteiger partial charge on any atom is 0.0223 e. The van der Waals surface area contributed by atoms with Gasteiger partial charge in [0.15, 0.2) is 0 Å². The van der Waals surface area contributed by atoms with Crippen molar-refractivity contribution in [2.75, 3.05) is 5.88 Å². The number of alkyl halides is 1. The van der Waals surface area contributed by atoms with Crippen LogP contribution >= 0.6 is 11.6 Å². The summed E-state index contributed by atoms with van der Waals surface area (Å²) >= 11 is 5.70. The number of unbranched alkanes of at least 4 members (excludes halogenated alkanes) is 23. The zero-order chi connectivity index (χ0) is 19.7. The maximum atomic E-state index is 5.70. The third-order valence-corrected chi connectivity index (χ3v) is 6.25. The van der Waals surface area contributed by atoms with Crippen LogP contribution in [0, 0.1) is 0 Å². The van der Waals surface area contributed by atoms with Gasteiger partial charge in [0.1, 0.15) is 0 Å². The van der Waals surface area contributed by atoms with Crippen molar-refractivity contribution in [2.24, 2.45) is 0 Å². The standard InChI is InChI=1S/C26H53Cl/c1-2-3-4-5-6-7-8-9-10-11-12-13-14-15-16-17-18-19-20-21-22-23-24-25-26-27/h2-26H2,1H3. The Hall–Kier alpha value is 0.290. The van der Waals surface area contributed by atoms with Crippen LogP contribution in [0.5, 0.6) is 0 Å². The molecule has 0 amide bonds. The molecular formula is C26H53Cl. The first-order chi connectivity index (χ1) is 13.4. The van der Waals surface area contributed by atoms with E-state index in [1.807, 2.05) is 0 Å². The fourth-order valence-electron chi connectivity index (χ4n) is 4.06. The minimum atomic E-state index is 0.846. The average molecular weight is 401 g/mol. The predicted octanol–water partition coefficient (Wildman–Crippen LogP) is 10.6. The largest absolute Gasteiger partial charge is 0.127 e. The molecular weight excluding hydrogens is 348 g/mol. The van der Waals surface area contributed by atoms with Crippen LogP contribution in [-0.2, 0) is 0 Å². The first kappa shape index (κ1) is 27.3. The quantitative estimate of drug-likeness (QED) is 0.111. The first-order valence-corrected chi connectivity index (χ1v) is 13.5. The molecule has 0 spiro atoms. The van der Waals surface area contributed by atoms with E-state index >= 15 is 0 Å². The van der Waals surface area contributed by atoms with Gasteiger partial charge in [0, 0.05) is 5.88 Å². The van der Waals surface area contributed by atoms with Crippen molar-refractivity contribution in [2.45, 2.75) is 161 Å². The minimum absolute atomic E-state index is 0.846. The molecule has 0 unspecified atom stereocenters. The fourth-order valence-corrected chi connectivity index (χ4v) is 4.25. The van der Waals surface area contributed by atoms with Crippen LogP contribution < -0.4 is 0 Å². The Balaban J connectivity index is 2.95. The van der Waals surface area contributed by atoms with Gasteiger partial charge in [-0.05, 0) is 6.42 Å². The Bertz CT molecular complexity index is 214. The maximum absolute atomic E-state index is 5.70. The van der Waals surface area contributed by atoms with Crippen molar-refractivity contribution in [3.63, 3.8) is 0 Å².